The summed E-state index contributed by atoms with van der Waals surface area (Å²) < 4.78 is 1.64. The fourth-order valence-corrected chi connectivity index (χ4v) is 2.58. The maximum absolute atomic E-state index is 12.2. The number of hydrogen-bond acceptors (Lipinski definition) is 5. The Kier molecular flexibility index (Phi) is 4.79. The zero-order valence-electron chi connectivity index (χ0n) is 12.4. The number of aromatic nitrogens is 2. The van der Waals surface area contributed by atoms with Crippen molar-refractivity contribution in [3.8, 4) is 0 Å². The molecule has 0 aliphatic carbocycles. The first kappa shape index (κ1) is 15.3. The van der Waals surface area contributed by atoms with Crippen LogP contribution in [0.4, 0.5) is 0 Å². The fraction of sp³-hybridized carbons (Fsp3) is 0.615. The lowest BCUT2D eigenvalue weighted by Crippen LogP contribution is -2.46. The van der Waals surface area contributed by atoms with Gasteiger partial charge in [-0.15, -0.1) is 0 Å². The summed E-state index contributed by atoms with van der Waals surface area (Å²) in [5, 5.41) is 18.8. The fourth-order valence-electron chi connectivity index (χ4n) is 2.58. The number of piperidine rings is 1. The van der Waals surface area contributed by atoms with E-state index in [1.807, 2.05) is 6.92 Å². The van der Waals surface area contributed by atoms with E-state index in [0.717, 1.165) is 31.6 Å². The van der Waals surface area contributed by atoms with Crippen LogP contribution in [0.25, 0.3) is 0 Å². The molecule has 8 heteroatoms. The van der Waals surface area contributed by atoms with Crippen LogP contribution in [0.3, 0.4) is 0 Å². The van der Waals surface area contributed by atoms with Crippen LogP contribution in [-0.4, -0.2) is 57.3 Å². The van der Waals surface area contributed by atoms with Gasteiger partial charge in [-0.3, -0.25) is 14.4 Å². The van der Waals surface area contributed by atoms with Crippen molar-refractivity contribution in [1.82, 2.24) is 20.0 Å². The van der Waals surface area contributed by atoms with Crippen molar-refractivity contribution in [2.24, 2.45) is 17.9 Å². The smallest absolute Gasteiger partial charge is 0.254 e. The first-order valence-electron chi connectivity index (χ1n) is 6.99. The van der Waals surface area contributed by atoms with Crippen molar-refractivity contribution in [3.63, 3.8) is 0 Å². The highest BCUT2D eigenvalue weighted by atomic mass is 16.4. The molecule has 0 bridgehead atoms. The van der Waals surface area contributed by atoms with E-state index in [4.69, 9.17) is 10.9 Å². The normalized spacial score (nSPS) is 17.9. The molecule has 1 saturated heterocycles. The molecule has 8 nitrogen and oxygen atoms in total. The van der Waals surface area contributed by atoms with Gasteiger partial charge < -0.3 is 16.3 Å². The van der Waals surface area contributed by atoms with E-state index in [-0.39, 0.29) is 17.8 Å². The third-order valence-electron chi connectivity index (χ3n) is 3.69. The van der Waals surface area contributed by atoms with Crippen LogP contribution in [-0.2, 0) is 7.05 Å². The molecular formula is C13H22N6O2. The van der Waals surface area contributed by atoms with Crippen LogP contribution in [0.5, 0.6) is 0 Å². The molecule has 0 unspecified atom stereocenters. The number of nitrogens with one attached hydrogen (secondary N) is 1. The van der Waals surface area contributed by atoms with Gasteiger partial charge in [-0.2, -0.15) is 5.10 Å². The molecule has 1 aromatic rings. The van der Waals surface area contributed by atoms with Crippen LogP contribution < -0.4 is 11.1 Å². The average Bonchev–Trinajstić information content (AvgIpc) is 2.80. The largest absolute Gasteiger partial charge is 0.409 e. The monoisotopic (exact) mass is 294 g/mol. The molecule has 1 aromatic heterocycles. The van der Waals surface area contributed by atoms with Crippen molar-refractivity contribution in [3.05, 3.63) is 17.5 Å². The van der Waals surface area contributed by atoms with Crippen LogP contribution in [0.2, 0.25) is 0 Å². The number of carbonyl (C=O) groups is 1. The molecule has 21 heavy (non-hydrogen) atoms. The molecule has 0 radical (unpaired) electrons. The second kappa shape index (κ2) is 6.57. The van der Waals surface area contributed by atoms with Gasteiger partial charge in [0.25, 0.3) is 5.91 Å². The van der Waals surface area contributed by atoms with Gasteiger partial charge in [0, 0.05) is 32.4 Å². The molecule has 2 heterocycles. The van der Waals surface area contributed by atoms with Crippen molar-refractivity contribution in [2.45, 2.75) is 25.8 Å². The molecule has 0 atom stereocenters. The summed E-state index contributed by atoms with van der Waals surface area (Å²) in [6.07, 6.45) is 3.44. The molecule has 1 aliphatic heterocycles. The summed E-state index contributed by atoms with van der Waals surface area (Å²) in [6, 6.07) is 0.153. The molecule has 4 N–H and O–H groups in total. The van der Waals surface area contributed by atoms with Gasteiger partial charge in [0.1, 0.15) is 0 Å². The van der Waals surface area contributed by atoms with Gasteiger partial charge >= 0.3 is 0 Å². The third kappa shape index (κ3) is 3.94. The molecule has 0 aromatic carbocycles. The number of likely N-dealkylation sites (tertiary alicyclic amines) is 1. The van der Waals surface area contributed by atoms with Gasteiger partial charge in [0.15, 0.2) is 5.84 Å². The maximum Gasteiger partial charge on any atom is 0.254 e. The van der Waals surface area contributed by atoms with Gasteiger partial charge in [-0.1, -0.05) is 5.16 Å². The number of amides is 1. The molecule has 116 valence electrons. The van der Waals surface area contributed by atoms with Crippen molar-refractivity contribution < 1.29 is 10.0 Å². The lowest BCUT2D eigenvalue weighted by atomic mass is 10.0. The zero-order valence-corrected chi connectivity index (χ0v) is 12.4. The number of aryl methyl sites for hydroxylation is 2. The Hall–Kier alpha value is -2.09. The number of rotatable bonds is 4. The highest BCUT2D eigenvalue weighted by Crippen LogP contribution is 2.12. The lowest BCUT2D eigenvalue weighted by molar-refractivity contribution is 0.0914. The second-order valence-corrected chi connectivity index (χ2v) is 5.42. The van der Waals surface area contributed by atoms with Crippen LogP contribution in [0, 0.1) is 6.92 Å². The van der Waals surface area contributed by atoms with E-state index in [0.29, 0.717) is 12.1 Å². The Morgan fingerprint density at radius 3 is 2.76 bits per heavy atom. The Morgan fingerprint density at radius 2 is 2.24 bits per heavy atom. The van der Waals surface area contributed by atoms with E-state index in [9.17, 15) is 4.79 Å². The number of hydrogen-bond donors (Lipinski definition) is 3. The predicted molar refractivity (Wildman–Crippen MR) is 78.3 cm³/mol. The molecule has 1 amide bonds. The molecular weight excluding hydrogens is 272 g/mol. The van der Waals surface area contributed by atoms with Crippen LogP contribution in [0.15, 0.2) is 11.4 Å². The number of carbonyl (C=O) groups excluding carboxylic acids is 1. The van der Waals surface area contributed by atoms with Crippen molar-refractivity contribution >= 4 is 11.7 Å². The van der Waals surface area contributed by atoms with Gasteiger partial charge in [0.05, 0.1) is 17.8 Å². The minimum absolute atomic E-state index is 0.0736. The summed E-state index contributed by atoms with van der Waals surface area (Å²) in [6.45, 7) is 3.91. The number of nitrogens with zero attached hydrogens (tertiary/aromatic N) is 4. The minimum atomic E-state index is -0.0736. The quantitative estimate of drug-likeness (QED) is 0.305. The summed E-state index contributed by atoms with van der Waals surface area (Å²) in [5.74, 6) is 0.138. The second-order valence-electron chi connectivity index (χ2n) is 5.42. The van der Waals surface area contributed by atoms with Gasteiger partial charge in [-0.05, 0) is 19.8 Å². The van der Waals surface area contributed by atoms with Gasteiger partial charge in [-0.25, -0.2) is 0 Å². The van der Waals surface area contributed by atoms with E-state index in [1.165, 1.54) is 0 Å². The number of oxime groups is 1. The minimum Gasteiger partial charge on any atom is -0.409 e. The Bertz CT molecular complexity index is 531. The van der Waals surface area contributed by atoms with Gasteiger partial charge in [0.2, 0.25) is 0 Å². The summed E-state index contributed by atoms with van der Waals surface area (Å²) in [4.78, 5) is 14.3. The number of amidine groups is 1. The average molecular weight is 294 g/mol. The van der Waals surface area contributed by atoms with Crippen LogP contribution in [0.1, 0.15) is 28.9 Å². The van der Waals surface area contributed by atoms with E-state index >= 15 is 0 Å². The maximum atomic E-state index is 12.2. The summed E-state index contributed by atoms with van der Waals surface area (Å²) in [5.41, 5.74) is 6.85. The standard InChI is InChI=1S/C13H22N6O2/c1-9-11(7-18(2)16-9)13(20)15-10-3-5-19(6-4-10)8-12(14)17-21/h7,10,21H,3-6,8H2,1-2H3,(H2,14,17)(H,15,20). The van der Waals surface area contributed by atoms with Crippen molar-refractivity contribution in [1.29, 1.82) is 0 Å². The predicted octanol–water partition coefficient (Wildman–Crippen LogP) is -0.331. The molecule has 2 rings (SSSR count). The third-order valence-corrected chi connectivity index (χ3v) is 3.69. The molecule has 0 spiro atoms. The molecule has 1 fully saturated rings. The molecule has 0 saturated carbocycles. The van der Waals surface area contributed by atoms with Crippen LogP contribution >= 0.6 is 0 Å². The highest BCUT2D eigenvalue weighted by Gasteiger charge is 2.22. The summed E-state index contributed by atoms with van der Waals surface area (Å²) in [7, 11) is 1.80. The van der Waals surface area contributed by atoms with E-state index in [2.05, 4.69) is 20.5 Å². The Labute approximate surface area is 123 Å². The first-order chi connectivity index (χ1) is 9.99. The SMILES string of the molecule is Cc1nn(C)cc1C(=O)NC1CCN(C/C(N)=N/O)CC1. The van der Waals surface area contributed by atoms with Crippen molar-refractivity contribution in [2.75, 3.05) is 19.6 Å². The topological polar surface area (TPSA) is 109 Å². The van der Waals surface area contributed by atoms with E-state index < -0.39 is 0 Å². The lowest BCUT2D eigenvalue weighted by Gasteiger charge is -2.31. The van der Waals surface area contributed by atoms with E-state index in [1.54, 1.807) is 17.9 Å². The first-order valence-corrected chi connectivity index (χ1v) is 6.99. The Morgan fingerprint density at radius 1 is 1.57 bits per heavy atom. The highest BCUT2D eigenvalue weighted by molar-refractivity contribution is 5.95. The zero-order chi connectivity index (χ0) is 15.4. The molecule has 1 aliphatic rings. The Balaban J connectivity index is 1.83. The summed E-state index contributed by atoms with van der Waals surface area (Å²) >= 11 is 0. The number of nitrogens with two attached hydrogens (primary N) is 1.